The third kappa shape index (κ3) is 4.43. The first-order valence-corrected chi connectivity index (χ1v) is 8.01. The minimum Gasteiger partial charge on any atom is -0.423 e. The van der Waals surface area contributed by atoms with Crippen molar-refractivity contribution in [2.75, 3.05) is 11.9 Å². The average molecular weight is 340 g/mol. The van der Waals surface area contributed by atoms with Gasteiger partial charge in [-0.15, -0.1) is 10.2 Å². The highest BCUT2D eigenvalue weighted by Crippen LogP contribution is 2.23. The lowest BCUT2D eigenvalue weighted by Crippen LogP contribution is -2.33. The molecule has 2 heterocycles. The van der Waals surface area contributed by atoms with Crippen LogP contribution in [-0.4, -0.2) is 32.6 Å². The predicted octanol–water partition coefficient (Wildman–Crippen LogP) is 2.70. The third-order valence-corrected chi connectivity index (χ3v) is 3.76. The third-order valence-electron chi connectivity index (χ3n) is 3.76. The molecule has 0 saturated carbocycles. The summed E-state index contributed by atoms with van der Waals surface area (Å²) in [6, 6.07) is 7.22. The zero-order valence-corrected chi connectivity index (χ0v) is 14.1. The number of aryl methyl sites for hydroxylation is 1. The number of anilines is 1. The second-order valence-corrected chi connectivity index (χ2v) is 5.94. The number of urea groups is 1. The Labute approximate surface area is 145 Å². The molecule has 0 spiro atoms. The van der Waals surface area contributed by atoms with E-state index < -0.39 is 0 Å². The van der Waals surface area contributed by atoms with E-state index in [9.17, 15) is 4.79 Å². The Kier molecular flexibility index (Phi) is 5.08. The lowest BCUT2D eigenvalue weighted by Gasteiger charge is -2.14. The summed E-state index contributed by atoms with van der Waals surface area (Å²) in [5.74, 6) is 0.674. The molecule has 2 aromatic heterocycles. The Morgan fingerprint density at radius 1 is 1.40 bits per heavy atom. The van der Waals surface area contributed by atoms with Crippen molar-refractivity contribution >= 4 is 11.7 Å². The second kappa shape index (κ2) is 7.61. The monoisotopic (exact) mass is 340 g/mol. The zero-order valence-electron chi connectivity index (χ0n) is 14.1. The maximum atomic E-state index is 12.2. The summed E-state index contributed by atoms with van der Waals surface area (Å²) in [6.45, 7) is 5.28. The number of carbonyl (C=O) groups excluding carboxylic acids is 1. The van der Waals surface area contributed by atoms with Gasteiger partial charge in [0, 0.05) is 36.7 Å². The van der Waals surface area contributed by atoms with Gasteiger partial charge in [-0.2, -0.15) is 5.10 Å². The van der Waals surface area contributed by atoms with Crippen LogP contribution in [0, 0.1) is 12.8 Å². The van der Waals surface area contributed by atoms with E-state index in [0.717, 1.165) is 17.7 Å². The van der Waals surface area contributed by atoms with E-state index in [4.69, 9.17) is 4.42 Å². The standard InChI is InChI=1S/C17H20N6O2/c1-12(10-23-7-3-6-20-23)9-18-17(24)21-15-8-14(5-4-13(15)2)16-22-19-11-25-16/h3-8,11-12H,9-10H2,1-2H3,(H2,18,21,24)/t12-/m1/s1. The predicted molar refractivity (Wildman–Crippen MR) is 92.9 cm³/mol. The first-order chi connectivity index (χ1) is 12.1. The minimum absolute atomic E-state index is 0.252. The van der Waals surface area contributed by atoms with Crippen LogP contribution in [0.25, 0.3) is 11.5 Å². The number of amides is 2. The van der Waals surface area contributed by atoms with Crippen molar-refractivity contribution in [2.45, 2.75) is 20.4 Å². The first-order valence-electron chi connectivity index (χ1n) is 8.01. The van der Waals surface area contributed by atoms with E-state index in [0.29, 0.717) is 18.1 Å². The summed E-state index contributed by atoms with van der Waals surface area (Å²) in [6.07, 6.45) is 4.92. The van der Waals surface area contributed by atoms with E-state index in [-0.39, 0.29) is 11.9 Å². The van der Waals surface area contributed by atoms with Crippen LogP contribution in [0.5, 0.6) is 0 Å². The smallest absolute Gasteiger partial charge is 0.319 e. The number of hydrogen-bond acceptors (Lipinski definition) is 5. The summed E-state index contributed by atoms with van der Waals surface area (Å²) >= 11 is 0. The highest BCUT2D eigenvalue weighted by Gasteiger charge is 2.10. The number of rotatable bonds is 6. The van der Waals surface area contributed by atoms with Crippen molar-refractivity contribution in [1.29, 1.82) is 0 Å². The van der Waals surface area contributed by atoms with Crippen molar-refractivity contribution in [3.8, 4) is 11.5 Å². The van der Waals surface area contributed by atoms with E-state index in [1.807, 2.05) is 42.1 Å². The molecule has 0 radical (unpaired) electrons. The normalized spacial score (nSPS) is 11.9. The van der Waals surface area contributed by atoms with Gasteiger partial charge in [0.15, 0.2) is 0 Å². The van der Waals surface area contributed by atoms with Gasteiger partial charge in [-0.05, 0) is 36.6 Å². The van der Waals surface area contributed by atoms with Gasteiger partial charge in [0.2, 0.25) is 12.3 Å². The molecule has 8 nitrogen and oxygen atoms in total. The van der Waals surface area contributed by atoms with Crippen LogP contribution in [0.1, 0.15) is 12.5 Å². The van der Waals surface area contributed by atoms with Gasteiger partial charge in [-0.25, -0.2) is 4.79 Å². The molecule has 0 aliphatic carbocycles. The Bertz CT molecular complexity index is 814. The molecule has 3 aromatic rings. The molecule has 0 bridgehead atoms. The number of benzene rings is 1. The number of aromatic nitrogens is 4. The van der Waals surface area contributed by atoms with Crippen LogP contribution < -0.4 is 10.6 Å². The molecular formula is C17H20N6O2. The fourth-order valence-electron chi connectivity index (χ4n) is 2.41. The van der Waals surface area contributed by atoms with Gasteiger partial charge in [0.25, 0.3) is 0 Å². The average Bonchev–Trinajstić information content (AvgIpc) is 3.28. The van der Waals surface area contributed by atoms with E-state index in [1.54, 1.807) is 6.20 Å². The largest absolute Gasteiger partial charge is 0.423 e. The second-order valence-electron chi connectivity index (χ2n) is 5.94. The number of carbonyl (C=O) groups is 1. The molecule has 2 N–H and O–H groups in total. The quantitative estimate of drug-likeness (QED) is 0.719. The van der Waals surface area contributed by atoms with Crippen LogP contribution in [0.15, 0.2) is 47.5 Å². The van der Waals surface area contributed by atoms with E-state index in [1.165, 1.54) is 6.39 Å². The lowest BCUT2D eigenvalue weighted by molar-refractivity contribution is 0.249. The van der Waals surface area contributed by atoms with Crippen molar-refractivity contribution in [2.24, 2.45) is 5.92 Å². The summed E-state index contributed by atoms with van der Waals surface area (Å²) in [4.78, 5) is 12.2. The summed E-state index contributed by atoms with van der Waals surface area (Å²) < 4.78 is 7.04. The SMILES string of the molecule is Cc1ccc(-c2nnco2)cc1NC(=O)NC[C@@H](C)Cn1cccn1. The Hall–Kier alpha value is -3.16. The molecule has 130 valence electrons. The molecule has 1 aromatic carbocycles. The Balaban J connectivity index is 1.56. The van der Waals surface area contributed by atoms with Gasteiger partial charge >= 0.3 is 6.03 Å². The molecule has 0 unspecified atom stereocenters. The van der Waals surface area contributed by atoms with E-state index >= 15 is 0 Å². The lowest BCUT2D eigenvalue weighted by atomic mass is 10.1. The maximum absolute atomic E-state index is 12.2. The topological polar surface area (TPSA) is 97.9 Å². The molecule has 8 heteroatoms. The molecular weight excluding hydrogens is 320 g/mol. The van der Waals surface area contributed by atoms with Gasteiger partial charge in [-0.3, -0.25) is 4.68 Å². The fourth-order valence-corrected chi connectivity index (χ4v) is 2.41. The minimum atomic E-state index is -0.252. The molecule has 0 aliphatic heterocycles. The van der Waals surface area contributed by atoms with Gasteiger partial charge < -0.3 is 15.1 Å². The number of nitrogens with zero attached hydrogens (tertiary/aromatic N) is 4. The van der Waals surface area contributed by atoms with Crippen LogP contribution >= 0.6 is 0 Å². The summed E-state index contributed by atoms with van der Waals surface area (Å²) in [5.41, 5.74) is 2.40. The van der Waals surface area contributed by atoms with Gasteiger partial charge in [0.05, 0.1) is 0 Å². The van der Waals surface area contributed by atoms with Crippen molar-refractivity contribution < 1.29 is 9.21 Å². The summed E-state index contributed by atoms with van der Waals surface area (Å²) in [5, 5.41) is 17.5. The maximum Gasteiger partial charge on any atom is 0.319 e. The van der Waals surface area contributed by atoms with Crippen molar-refractivity contribution in [1.82, 2.24) is 25.3 Å². The van der Waals surface area contributed by atoms with Crippen LogP contribution in [0.4, 0.5) is 10.5 Å². The van der Waals surface area contributed by atoms with Gasteiger partial charge in [-0.1, -0.05) is 13.0 Å². The zero-order chi connectivity index (χ0) is 17.6. The molecule has 0 saturated heterocycles. The van der Waals surface area contributed by atoms with Crippen molar-refractivity contribution in [3.05, 3.63) is 48.6 Å². The van der Waals surface area contributed by atoms with Crippen molar-refractivity contribution in [3.63, 3.8) is 0 Å². The molecule has 25 heavy (non-hydrogen) atoms. The summed E-state index contributed by atoms with van der Waals surface area (Å²) in [7, 11) is 0. The van der Waals surface area contributed by atoms with Crippen LogP contribution in [-0.2, 0) is 6.54 Å². The first kappa shape index (κ1) is 16.7. The number of hydrogen-bond donors (Lipinski definition) is 2. The highest BCUT2D eigenvalue weighted by atomic mass is 16.4. The molecule has 1 atom stereocenters. The Morgan fingerprint density at radius 3 is 3.00 bits per heavy atom. The van der Waals surface area contributed by atoms with E-state index in [2.05, 4.69) is 32.9 Å². The molecule has 0 fully saturated rings. The molecule has 0 aliphatic rings. The fraction of sp³-hybridized carbons (Fsp3) is 0.294. The molecule has 2 amide bonds. The highest BCUT2D eigenvalue weighted by molar-refractivity contribution is 5.90. The molecule has 3 rings (SSSR count). The number of nitrogens with one attached hydrogen (secondary N) is 2. The van der Waals surface area contributed by atoms with Crippen LogP contribution in [0.3, 0.4) is 0 Å². The Morgan fingerprint density at radius 2 is 2.28 bits per heavy atom. The van der Waals surface area contributed by atoms with Gasteiger partial charge in [0.1, 0.15) is 0 Å². The van der Waals surface area contributed by atoms with Crippen LogP contribution in [0.2, 0.25) is 0 Å².